The van der Waals surface area contributed by atoms with E-state index < -0.39 is 11.7 Å². The van der Waals surface area contributed by atoms with Gasteiger partial charge in [-0.1, -0.05) is 48.5 Å². The molecule has 1 nitrogen and oxygen atoms in total. The Bertz CT molecular complexity index is 532. The Morgan fingerprint density at radius 1 is 0.889 bits per heavy atom. The standard InChI is InChI=1S/C14H12F3N/c15-14(16,17)13-11(9-18)7-4-8-12(13)10-5-2-1-3-6-10/h1-8H,9,18H2. The molecular formula is C14H12F3N. The molecule has 0 unspecified atom stereocenters. The van der Waals surface area contributed by atoms with E-state index in [0.717, 1.165) is 0 Å². The lowest BCUT2D eigenvalue weighted by molar-refractivity contribution is -0.137. The largest absolute Gasteiger partial charge is 0.417 e. The van der Waals surface area contributed by atoms with E-state index in [-0.39, 0.29) is 17.7 Å². The summed E-state index contributed by atoms with van der Waals surface area (Å²) in [6.45, 7) is -0.129. The molecule has 0 heterocycles. The summed E-state index contributed by atoms with van der Waals surface area (Å²) in [5, 5.41) is 0. The predicted molar refractivity (Wildman–Crippen MR) is 64.8 cm³/mol. The first-order valence-corrected chi connectivity index (χ1v) is 5.48. The highest BCUT2D eigenvalue weighted by Crippen LogP contribution is 2.39. The monoisotopic (exact) mass is 251 g/mol. The van der Waals surface area contributed by atoms with Crippen LogP contribution in [0.2, 0.25) is 0 Å². The van der Waals surface area contributed by atoms with Crippen molar-refractivity contribution < 1.29 is 13.2 Å². The molecule has 0 saturated carbocycles. The second kappa shape index (κ2) is 4.82. The maximum absolute atomic E-state index is 13.1. The van der Waals surface area contributed by atoms with Crippen molar-refractivity contribution in [2.45, 2.75) is 12.7 Å². The molecular weight excluding hydrogens is 239 g/mol. The number of hydrogen-bond donors (Lipinski definition) is 1. The number of alkyl halides is 3. The summed E-state index contributed by atoms with van der Waals surface area (Å²) in [6, 6.07) is 13.0. The van der Waals surface area contributed by atoms with E-state index >= 15 is 0 Å². The highest BCUT2D eigenvalue weighted by Gasteiger charge is 2.35. The summed E-state index contributed by atoms with van der Waals surface area (Å²) in [6.07, 6.45) is -4.40. The Kier molecular flexibility index (Phi) is 3.39. The molecule has 0 aliphatic heterocycles. The van der Waals surface area contributed by atoms with Gasteiger partial charge in [-0.3, -0.25) is 0 Å². The van der Waals surface area contributed by atoms with Gasteiger partial charge in [-0.25, -0.2) is 0 Å². The fraction of sp³-hybridized carbons (Fsp3) is 0.143. The number of rotatable bonds is 2. The molecule has 2 rings (SSSR count). The second-order valence-corrected chi connectivity index (χ2v) is 3.91. The molecule has 0 aliphatic carbocycles. The zero-order valence-electron chi connectivity index (χ0n) is 9.54. The minimum atomic E-state index is -4.40. The van der Waals surface area contributed by atoms with Crippen LogP contribution in [0.5, 0.6) is 0 Å². The molecule has 0 radical (unpaired) electrons. The fourth-order valence-electron chi connectivity index (χ4n) is 1.96. The number of hydrogen-bond acceptors (Lipinski definition) is 1. The highest BCUT2D eigenvalue weighted by atomic mass is 19.4. The van der Waals surface area contributed by atoms with Gasteiger partial charge in [0.1, 0.15) is 0 Å². The smallest absolute Gasteiger partial charge is 0.326 e. The van der Waals surface area contributed by atoms with Crippen LogP contribution in [-0.2, 0) is 12.7 Å². The summed E-state index contributed by atoms with van der Waals surface area (Å²) in [5.74, 6) is 0. The predicted octanol–water partition coefficient (Wildman–Crippen LogP) is 3.83. The van der Waals surface area contributed by atoms with E-state index in [0.29, 0.717) is 5.56 Å². The molecule has 94 valence electrons. The first kappa shape index (κ1) is 12.6. The normalized spacial score (nSPS) is 11.6. The quantitative estimate of drug-likeness (QED) is 0.862. The van der Waals surface area contributed by atoms with Crippen molar-refractivity contribution >= 4 is 0 Å². The first-order chi connectivity index (χ1) is 8.54. The van der Waals surface area contributed by atoms with E-state index in [2.05, 4.69) is 0 Å². The molecule has 2 aromatic rings. The van der Waals surface area contributed by atoms with Crippen molar-refractivity contribution in [2.24, 2.45) is 5.73 Å². The molecule has 2 aromatic carbocycles. The van der Waals surface area contributed by atoms with Crippen LogP contribution >= 0.6 is 0 Å². The van der Waals surface area contributed by atoms with Gasteiger partial charge in [0.2, 0.25) is 0 Å². The Morgan fingerprint density at radius 2 is 1.56 bits per heavy atom. The third-order valence-electron chi connectivity index (χ3n) is 2.74. The van der Waals surface area contributed by atoms with Crippen LogP contribution in [0, 0.1) is 0 Å². The molecule has 4 heteroatoms. The van der Waals surface area contributed by atoms with E-state index in [9.17, 15) is 13.2 Å². The van der Waals surface area contributed by atoms with Gasteiger partial charge in [-0.05, 0) is 16.7 Å². The van der Waals surface area contributed by atoms with Gasteiger partial charge < -0.3 is 5.73 Å². The van der Waals surface area contributed by atoms with Gasteiger partial charge in [0.15, 0.2) is 0 Å². The maximum Gasteiger partial charge on any atom is 0.417 e. The molecule has 0 atom stereocenters. The van der Waals surface area contributed by atoms with Gasteiger partial charge in [-0.15, -0.1) is 0 Å². The lowest BCUT2D eigenvalue weighted by Gasteiger charge is -2.16. The van der Waals surface area contributed by atoms with E-state index in [4.69, 9.17) is 5.73 Å². The van der Waals surface area contributed by atoms with Crippen LogP contribution in [0.25, 0.3) is 11.1 Å². The minimum Gasteiger partial charge on any atom is -0.326 e. The number of nitrogens with two attached hydrogens (primary N) is 1. The average molecular weight is 251 g/mol. The van der Waals surface area contributed by atoms with Crippen LogP contribution in [0.3, 0.4) is 0 Å². The third kappa shape index (κ3) is 2.38. The molecule has 0 aliphatic rings. The molecule has 18 heavy (non-hydrogen) atoms. The van der Waals surface area contributed by atoms with Crippen molar-refractivity contribution in [3.05, 3.63) is 59.7 Å². The van der Waals surface area contributed by atoms with Crippen LogP contribution in [0.4, 0.5) is 13.2 Å². The van der Waals surface area contributed by atoms with Crippen LogP contribution < -0.4 is 5.73 Å². The fourth-order valence-corrected chi connectivity index (χ4v) is 1.96. The average Bonchev–Trinajstić information content (AvgIpc) is 2.38. The molecule has 0 bridgehead atoms. The summed E-state index contributed by atoms with van der Waals surface area (Å²) < 4.78 is 39.4. The zero-order valence-corrected chi connectivity index (χ0v) is 9.54. The molecule has 0 spiro atoms. The van der Waals surface area contributed by atoms with Gasteiger partial charge in [0, 0.05) is 6.54 Å². The summed E-state index contributed by atoms with van der Waals surface area (Å²) in [7, 11) is 0. The molecule has 0 aromatic heterocycles. The molecule has 0 fully saturated rings. The highest BCUT2D eigenvalue weighted by molar-refractivity contribution is 5.69. The first-order valence-electron chi connectivity index (χ1n) is 5.48. The van der Waals surface area contributed by atoms with Gasteiger partial charge in [0.05, 0.1) is 5.56 Å². The van der Waals surface area contributed by atoms with Crippen molar-refractivity contribution in [3.8, 4) is 11.1 Å². The van der Waals surface area contributed by atoms with Crippen LogP contribution in [0.1, 0.15) is 11.1 Å². The van der Waals surface area contributed by atoms with E-state index in [1.54, 1.807) is 36.4 Å². The van der Waals surface area contributed by atoms with E-state index in [1.165, 1.54) is 12.1 Å². The van der Waals surface area contributed by atoms with Gasteiger partial charge in [0.25, 0.3) is 0 Å². The van der Waals surface area contributed by atoms with Crippen molar-refractivity contribution in [2.75, 3.05) is 0 Å². The lowest BCUT2D eigenvalue weighted by atomic mass is 9.95. The van der Waals surface area contributed by atoms with Crippen molar-refractivity contribution in [1.29, 1.82) is 0 Å². The number of halogens is 3. The summed E-state index contributed by atoms with van der Waals surface area (Å²) >= 11 is 0. The summed E-state index contributed by atoms with van der Waals surface area (Å²) in [5.41, 5.74) is 5.58. The Morgan fingerprint density at radius 3 is 2.11 bits per heavy atom. The second-order valence-electron chi connectivity index (χ2n) is 3.91. The molecule has 0 saturated heterocycles. The number of benzene rings is 2. The Hall–Kier alpha value is -1.81. The maximum atomic E-state index is 13.1. The van der Waals surface area contributed by atoms with Crippen LogP contribution in [0.15, 0.2) is 48.5 Å². The summed E-state index contributed by atoms with van der Waals surface area (Å²) in [4.78, 5) is 0. The van der Waals surface area contributed by atoms with Gasteiger partial charge in [-0.2, -0.15) is 13.2 Å². The topological polar surface area (TPSA) is 26.0 Å². The Balaban J connectivity index is 2.68. The van der Waals surface area contributed by atoms with Crippen molar-refractivity contribution in [1.82, 2.24) is 0 Å². The minimum absolute atomic E-state index is 0.115. The third-order valence-corrected chi connectivity index (χ3v) is 2.74. The Labute approximate surface area is 103 Å². The zero-order chi connectivity index (χ0) is 13.2. The van der Waals surface area contributed by atoms with Crippen LogP contribution in [-0.4, -0.2) is 0 Å². The lowest BCUT2D eigenvalue weighted by Crippen LogP contribution is -2.13. The molecule has 2 N–H and O–H groups in total. The van der Waals surface area contributed by atoms with E-state index in [1.807, 2.05) is 0 Å². The van der Waals surface area contributed by atoms with Crippen molar-refractivity contribution in [3.63, 3.8) is 0 Å². The molecule has 0 amide bonds. The van der Waals surface area contributed by atoms with Gasteiger partial charge >= 0.3 is 6.18 Å². The SMILES string of the molecule is NCc1cccc(-c2ccccc2)c1C(F)(F)F.